The highest BCUT2D eigenvalue weighted by atomic mass is 16.2. The molecule has 0 saturated carbocycles. The summed E-state index contributed by atoms with van der Waals surface area (Å²) in [5.41, 5.74) is 7.17. The average Bonchev–Trinajstić information content (AvgIpc) is 2.47. The van der Waals surface area contributed by atoms with Crippen molar-refractivity contribution in [3.8, 4) is 0 Å². The van der Waals surface area contributed by atoms with Crippen LogP contribution in [0.2, 0.25) is 0 Å². The molecule has 0 unspecified atom stereocenters. The van der Waals surface area contributed by atoms with Crippen LogP contribution >= 0.6 is 0 Å². The summed E-state index contributed by atoms with van der Waals surface area (Å²) in [6, 6.07) is 9.37. The lowest BCUT2D eigenvalue weighted by atomic mass is 10.2. The van der Waals surface area contributed by atoms with Crippen molar-refractivity contribution in [3.05, 3.63) is 48.0 Å². The van der Waals surface area contributed by atoms with Crippen LogP contribution in [0.4, 0.5) is 11.4 Å². The Labute approximate surface area is 118 Å². The lowest BCUT2D eigenvalue weighted by molar-refractivity contribution is 0.0988. The molecule has 1 aromatic carbocycles. The normalized spacial score (nSPS) is 10.6. The molecule has 0 saturated heterocycles. The van der Waals surface area contributed by atoms with Crippen LogP contribution in [-0.4, -0.2) is 22.9 Å². The van der Waals surface area contributed by atoms with Crippen LogP contribution in [0.3, 0.4) is 0 Å². The van der Waals surface area contributed by atoms with E-state index in [4.69, 9.17) is 5.73 Å². The van der Waals surface area contributed by atoms with Crippen LogP contribution in [0.25, 0.3) is 0 Å². The van der Waals surface area contributed by atoms with Gasteiger partial charge in [0.05, 0.1) is 11.9 Å². The zero-order valence-corrected chi connectivity index (χ0v) is 11.9. The van der Waals surface area contributed by atoms with E-state index in [0.717, 1.165) is 5.69 Å². The second-order valence-corrected chi connectivity index (χ2v) is 4.89. The highest BCUT2D eigenvalue weighted by Gasteiger charge is 2.19. The van der Waals surface area contributed by atoms with Crippen molar-refractivity contribution in [3.63, 3.8) is 0 Å². The average molecular weight is 270 g/mol. The van der Waals surface area contributed by atoms with Gasteiger partial charge in [-0.3, -0.25) is 4.79 Å². The molecule has 5 heteroatoms. The summed E-state index contributed by atoms with van der Waals surface area (Å²) >= 11 is 0. The van der Waals surface area contributed by atoms with Crippen molar-refractivity contribution in [1.29, 1.82) is 0 Å². The van der Waals surface area contributed by atoms with Gasteiger partial charge < -0.3 is 10.6 Å². The number of para-hydroxylation sites is 1. The van der Waals surface area contributed by atoms with Crippen molar-refractivity contribution in [2.24, 2.45) is 0 Å². The first-order chi connectivity index (χ1) is 9.50. The number of benzene rings is 1. The van der Waals surface area contributed by atoms with E-state index in [1.54, 1.807) is 7.05 Å². The minimum absolute atomic E-state index is 0.143. The van der Waals surface area contributed by atoms with Gasteiger partial charge in [0.2, 0.25) is 0 Å². The summed E-state index contributed by atoms with van der Waals surface area (Å²) in [6.07, 6.45) is 1.49. The summed E-state index contributed by atoms with van der Waals surface area (Å²) < 4.78 is 0. The molecule has 0 aliphatic rings. The van der Waals surface area contributed by atoms with E-state index < -0.39 is 0 Å². The van der Waals surface area contributed by atoms with Crippen LogP contribution in [-0.2, 0) is 0 Å². The number of nitrogen functional groups attached to an aromatic ring is 1. The molecule has 0 spiro atoms. The van der Waals surface area contributed by atoms with Crippen LogP contribution in [0.1, 0.15) is 36.1 Å². The third-order valence-corrected chi connectivity index (χ3v) is 3.00. The molecule has 1 heterocycles. The number of rotatable bonds is 3. The number of anilines is 2. The van der Waals surface area contributed by atoms with Crippen LogP contribution in [0, 0.1) is 0 Å². The molecular formula is C15H18N4O. The minimum atomic E-state index is -0.238. The quantitative estimate of drug-likeness (QED) is 0.929. The molecule has 0 aliphatic heterocycles. The molecule has 5 nitrogen and oxygen atoms in total. The fraction of sp³-hybridized carbons (Fsp3) is 0.267. The fourth-order valence-corrected chi connectivity index (χ4v) is 1.78. The maximum atomic E-state index is 12.5. The molecule has 0 bridgehead atoms. The molecule has 1 aromatic heterocycles. The van der Waals surface area contributed by atoms with Crippen molar-refractivity contribution < 1.29 is 4.79 Å². The van der Waals surface area contributed by atoms with E-state index in [-0.39, 0.29) is 17.5 Å². The summed E-state index contributed by atoms with van der Waals surface area (Å²) in [4.78, 5) is 22.5. The number of carbonyl (C=O) groups is 1. The van der Waals surface area contributed by atoms with Gasteiger partial charge >= 0.3 is 0 Å². The summed E-state index contributed by atoms with van der Waals surface area (Å²) in [7, 11) is 1.70. The molecule has 2 aromatic rings. The van der Waals surface area contributed by atoms with Gasteiger partial charge in [-0.1, -0.05) is 32.0 Å². The Hall–Kier alpha value is -2.43. The Morgan fingerprint density at radius 1 is 1.25 bits per heavy atom. The number of aromatic nitrogens is 2. The maximum absolute atomic E-state index is 12.5. The first-order valence-corrected chi connectivity index (χ1v) is 6.46. The summed E-state index contributed by atoms with van der Waals surface area (Å²) in [6.45, 7) is 3.95. The number of amides is 1. The monoisotopic (exact) mass is 270 g/mol. The lowest BCUT2D eigenvalue weighted by Crippen LogP contribution is -2.28. The second kappa shape index (κ2) is 5.69. The molecule has 104 valence electrons. The predicted molar refractivity (Wildman–Crippen MR) is 79.7 cm³/mol. The Morgan fingerprint density at radius 3 is 2.50 bits per heavy atom. The van der Waals surface area contributed by atoms with E-state index >= 15 is 0 Å². The Kier molecular flexibility index (Phi) is 3.98. The molecule has 2 N–H and O–H groups in total. The van der Waals surface area contributed by atoms with Crippen LogP contribution in [0.15, 0.2) is 36.5 Å². The number of nitrogens with two attached hydrogens (primary N) is 1. The molecule has 2 rings (SSSR count). The first kappa shape index (κ1) is 14.0. The van der Waals surface area contributed by atoms with Crippen molar-refractivity contribution >= 4 is 17.3 Å². The SMILES string of the molecule is CC(C)c1ncc(N)c(C(=O)N(C)c2ccccc2)n1. The second-order valence-electron chi connectivity index (χ2n) is 4.89. The van der Waals surface area contributed by atoms with Gasteiger partial charge in [0.25, 0.3) is 5.91 Å². The van der Waals surface area contributed by atoms with E-state index in [9.17, 15) is 4.79 Å². The molecular weight excluding hydrogens is 252 g/mol. The lowest BCUT2D eigenvalue weighted by Gasteiger charge is -2.18. The van der Waals surface area contributed by atoms with Crippen molar-refractivity contribution in [2.75, 3.05) is 17.7 Å². The molecule has 1 amide bonds. The van der Waals surface area contributed by atoms with Crippen LogP contribution < -0.4 is 10.6 Å². The standard InChI is InChI=1S/C15H18N4O/c1-10(2)14-17-9-12(16)13(18-14)15(20)19(3)11-7-5-4-6-8-11/h4-10H,16H2,1-3H3. The largest absolute Gasteiger partial charge is 0.396 e. The van der Waals surface area contributed by atoms with Gasteiger partial charge in [-0.15, -0.1) is 0 Å². The molecule has 0 aliphatic carbocycles. The number of carbonyl (C=O) groups excluding carboxylic acids is 1. The van der Waals surface area contributed by atoms with Crippen molar-refractivity contribution in [1.82, 2.24) is 9.97 Å². The number of nitrogens with zero attached hydrogens (tertiary/aromatic N) is 3. The van der Waals surface area contributed by atoms with E-state index in [1.165, 1.54) is 11.1 Å². The molecule has 0 atom stereocenters. The Morgan fingerprint density at radius 2 is 1.90 bits per heavy atom. The molecule has 0 radical (unpaired) electrons. The third kappa shape index (κ3) is 2.77. The van der Waals surface area contributed by atoms with Gasteiger partial charge in [-0.05, 0) is 12.1 Å². The highest BCUT2D eigenvalue weighted by molar-refractivity contribution is 6.07. The molecule has 20 heavy (non-hydrogen) atoms. The van der Waals surface area contributed by atoms with Crippen LogP contribution in [0.5, 0.6) is 0 Å². The Bertz CT molecular complexity index is 611. The maximum Gasteiger partial charge on any atom is 0.278 e. The zero-order valence-electron chi connectivity index (χ0n) is 11.9. The predicted octanol–water partition coefficient (Wildman–Crippen LogP) is 2.46. The van der Waals surface area contributed by atoms with E-state index in [1.807, 2.05) is 44.2 Å². The van der Waals surface area contributed by atoms with Gasteiger partial charge in [-0.2, -0.15) is 0 Å². The van der Waals surface area contributed by atoms with Gasteiger partial charge in [0, 0.05) is 18.7 Å². The van der Waals surface area contributed by atoms with Gasteiger partial charge in [0.1, 0.15) is 5.82 Å². The summed E-state index contributed by atoms with van der Waals surface area (Å²) in [5.74, 6) is 0.520. The van der Waals surface area contributed by atoms with E-state index in [2.05, 4.69) is 9.97 Å². The Balaban J connectivity index is 2.36. The highest BCUT2D eigenvalue weighted by Crippen LogP contribution is 2.18. The van der Waals surface area contributed by atoms with Gasteiger partial charge in [-0.25, -0.2) is 9.97 Å². The van der Waals surface area contributed by atoms with Gasteiger partial charge in [0.15, 0.2) is 5.69 Å². The number of hydrogen-bond acceptors (Lipinski definition) is 4. The smallest absolute Gasteiger partial charge is 0.278 e. The minimum Gasteiger partial charge on any atom is -0.396 e. The van der Waals surface area contributed by atoms with Crippen molar-refractivity contribution in [2.45, 2.75) is 19.8 Å². The topological polar surface area (TPSA) is 72.1 Å². The molecule has 0 fully saturated rings. The summed E-state index contributed by atoms with van der Waals surface area (Å²) in [5, 5.41) is 0. The first-order valence-electron chi connectivity index (χ1n) is 6.46. The fourth-order valence-electron chi connectivity index (χ4n) is 1.78. The zero-order chi connectivity index (χ0) is 14.7. The number of hydrogen-bond donors (Lipinski definition) is 1. The van der Waals surface area contributed by atoms with E-state index in [0.29, 0.717) is 11.5 Å². The third-order valence-electron chi connectivity index (χ3n) is 3.00.